The molecule has 0 N–H and O–H groups in total. The summed E-state index contributed by atoms with van der Waals surface area (Å²) in [7, 11) is -2.01. The molecule has 0 spiro atoms. The highest BCUT2D eigenvalue weighted by molar-refractivity contribution is 7.99. The number of nitrogens with zero attached hydrogens (tertiary/aromatic N) is 3. The quantitative estimate of drug-likeness (QED) is 0.635. The van der Waals surface area contributed by atoms with Crippen molar-refractivity contribution in [3.63, 3.8) is 0 Å². The predicted molar refractivity (Wildman–Crippen MR) is 129 cm³/mol. The van der Waals surface area contributed by atoms with Crippen molar-refractivity contribution in [3.8, 4) is 5.75 Å². The minimum Gasteiger partial charge on any atom is -0.497 e. The van der Waals surface area contributed by atoms with E-state index in [2.05, 4.69) is 4.90 Å². The largest absolute Gasteiger partial charge is 0.497 e. The summed E-state index contributed by atoms with van der Waals surface area (Å²) >= 11 is 8.06. The molecule has 0 aliphatic carbocycles. The monoisotopic (exact) mass is 495 g/mol. The van der Waals surface area contributed by atoms with Gasteiger partial charge < -0.3 is 14.5 Å². The van der Waals surface area contributed by atoms with Crippen molar-refractivity contribution in [1.29, 1.82) is 0 Å². The molecular formula is C22H26ClN3O4S2. The number of benzene rings is 2. The van der Waals surface area contributed by atoms with E-state index < -0.39 is 10.0 Å². The topological polar surface area (TPSA) is 70.2 Å². The average Bonchev–Trinajstić information content (AvgIpc) is 2.84. The van der Waals surface area contributed by atoms with Crippen molar-refractivity contribution < 1.29 is 17.9 Å². The molecule has 10 heteroatoms. The van der Waals surface area contributed by atoms with Crippen LogP contribution in [0.25, 0.3) is 0 Å². The molecule has 2 aliphatic rings. The second kappa shape index (κ2) is 9.91. The number of rotatable bonds is 5. The van der Waals surface area contributed by atoms with Crippen molar-refractivity contribution >= 4 is 45.0 Å². The molecule has 2 heterocycles. The Bertz CT molecular complexity index is 1070. The van der Waals surface area contributed by atoms with Gasteiger partial charge in [0.1, 0.15) is 5.75 Å². The van der Waals surface area contributed by atoms with Gasteiger partial charge in [-0.15, -0.1) is 0 Å². The number of ether oxygens (including phenoxy) is 1. The van der Waals surface area contributed by atoms with Gasteiger partial charge in [0.2, 0.25) is 10.0 Å². The lowest BCUT2D eigenvalue weighted by molar-refractivity contribution is 0.0746. The summed E-state index contributed by atoms with van der Waals surface area (Å²) < 4.78 is 32.7. The Morgan fingerprint density at radius 2 is 1.62 bits per heavy atom. The van der Waals surface area contributed by atoms with Crippen molar-refractivity contribution in [2.24, 2.45) is 0 Å². The number of carbonyl (C=O) groups excluding carboxylic acids is 1. The molecule has 2 saturated heterocycles. The number of anilines is 1. The van der Waals surface area contributed by atoms with Crippen molar-refractivity contribution in [1.82, 2.24) is 9.21 Å². The Hall–Kier alpha value is -1.94. The highest BCUT2D eigenvalue weighted by Crippen LogP contribution is 2.27. The number of piperazine rings is 1. The summed E-state index contributed by atoms with van der Waals surface area (Å²) in [6.07, 6.45) is 0. The fraction of sp³-hybridized carbons (Fsp3) is 0.409. The van der Waals surface area contributed by atoms with Crippen LogP contribution >= 0.6 is 23.4 Å². The zero-order chi connectivity index (χ0) is 22.7. The molecule has 0 saturated carbocycles. The first kappa shape index (κ1) is 23.2. The molecule has 172 valence electrons. The Kier molecular flexibility index (Phi) is 7.19. The van der Waals surface area contributed by atoms with Gasteiger partial charge in [-0.25, -0.2) is 8.42 Å². The fourth-order valence-corrected chi connectivity index (χ4v) is 6.70. The van der Waals surface area contributed by atoms with Gasteiger partial charge in [-0.3, -0.25) is 4.79 Å². The number of carbonyl (C=O) groups is 1. The zero-order valence-electron chi connectivity index (χ0n) is 17.9. The van der Waals surface area contributed by atoms with Gasteiger partial charge in [0.25, 0.3) is 5.91 Å². The van der Waals surface area contributed by atoms with Crippen LogP contribution in [0.2, 0.25) is 5.02 Å². The highest BCUT2D eigenvalue weighted by atomic mass is 35.5. The van der Waals surface area contributed by atoms with Gasteiger partial charge in [-0.05, 0) is 42.5 Å². The van der Waals surface area contributed by atoms with E-state index in [4.69, 9.17) is 16.3 Å². The minimum atomic E-state index is -3.64. The summed E-state index contributed by atoms with van der Waals surface area (Å²) in [4.78, 5) is 17.3. The molecule has 0 radical (unpaired) electrons. The SMILES string of the molecule is COc1ccc(N2CCN(C(=O)c3cc(S(=O)(=O)N4CCSCC4)ccc3Cl)CC2)cc1. The minimum absolute atomic E-state index is 0.119. The molecule has 0 unspecified atom stereocenters. The maximum absolute atomic E-state index is 13.2. The third kappa shape index (κ3) is 4.85. The normalized spacial score (nSPS) is 17.9. The van der Waals surface area contributed by atoms with Crippen LogP contribution in [0.3, 0.4) is 0 Å². The summed E-state index contributed by atoms with van der Waals surface area (Å²) in [6.45, 7) is 3.37. The average molecular weight is 496 g/mol. The first-order valence-corrected chi connectivity index (χ1v) is 13.4. The Labute approximate surface area is 198 Å². The van der Waals surface area contributed by atoms with Gasteiger partial charge in [-0.1, -0.05) is 11.6 Å². The van der Waals surface area contributed by atoms with Crippen LogP contribution in [-0.2, 0) is 10.0 Å². The molecular weight excluding hydrogens is 470 g/mol. The van der Waals surface area contributed by atoms with E-state index in [0.29, 0.717) is 39.3 Å². The van der Waals surface area contributed by atoms with E-state index >= 15 is 0 Å². The van der Waals surface area contributed by atoms with Gasteiger partial charge in [0.05, 0.1) is 22.6 Å². The predicted octanol–water partition coefficient (Wildman–Crippen LogP) is 3.05. The molecule has 2 fully saturated rings. The van der Waals surface area contributed by atoms with Gasteiger partial charge in [0, 0.05) is 56.5 Å². The Morgan fingerprint density at radius 1 is 0.969 bits per heavy atom. The first-order chi connectivity index (χ1) is 15.4. The van der Waals surface area contributed by atoms with Crippen LogP contribution < -0.4 is 9.64 Å². The molecule has 1 amide bonds. The van der Waals surface area contributed by atoms with E-state index in [-0.39, 0.29) is 21.4 Å². The van der Waals surface area contributed by atoms with Gasteiger partial charge >= 0.3 is 0 Å². The third-order valence-corrected chi connectivity index (χ3v) is 8.95. The summed E-state index contributed by atoms with van der Waals surface area (Å²) in [5, 5.41) is 0.265. The van der Waals surface area contributed by atoms with E-state index in [0.717, 1.165) is 22.9 Å². The third-order valence-electron chi connectivity index (χ3n) is 5.78. The maximum Gasteiger partial charge on any atom is 0.255 e. The summed E-state index contributed by atoms with van der Waals surface area (Å²) in [6, 6.07) is 12.3. The molecule has 0 atom stereocenters. The number of halogens is 1. The van der Waals surface area contributed by atoms with Crippen molar-refractivity contribution in [2.75, 3.05) is 62.8 Å². The fourth-order valence-electron chi connectivity index (χ4n) is 3.90. The molecule has 4 rings (SSSR count). The van der Waals surface area contributed by atoms with Crippen LogP contribution in [-0.4, -0.2) is 81.4 Å². The second-order valence-corrected chi connectivity index (χ2v) is 11.2. The molecule has 2 aliphatic heterocycles. The smallest absolute Gasteiger partial charge is 0.255 e. The maximum atomic E-state index is 13.2. The number of sulfonamides is 1. The lowest BCUT2D eigenvalue weighted by atomic mass is 10.1. The number of hydrogen-bond acceptors (Lipinski definition) is 6. The first-order valence-electron chi connectivity index (χ1n) is 10.5. The molecule has 7 nitrogen and oxygen atoms in total. The summed E-state index contributed by atoms with van der Waals surface area (Å²) in [5.74, 6) is 2.11. The van der Waals surface area contributed by atoms with Crippen LogP contribution in [0.1, 0.15) is 10.4 Å². The Balaban J connectivity index is 1.47. The number of hydrogen-bond donors (Lipinski definition) is 0. The molecule has 0 aromatic heterocycles. The van der Waals surface area contributed by atoms with Crippen LogP contribution in [0.4, 0.5) is 5.69 Å². The number of amides is 1. The van der Waals surface area contributed by atoms with E-state index in [1.54, 1.807) is 23.8 Å². The Morgan fingerprint density at radius 3 is 2.25 bits per heavy atom. The molecule has 2 aromatic carbocycles. The van der Waals surface area contributed by atoms with Crippen LogP contribution in [0, 0.1) is 0 Å². The summed E-state index contributed by atoms with van der Waals surface area (Å²) in [5.41, 5.74) is 1.31. The van der Waals surface area contributed by atoms with E-state index in [1.807, 2.05) is 24.3 Å². The number of thioether (sulfide) groups is 1. The number of methoxy groups -OCH3 is 1. The molecule has 0 bridgehead atoms. The standard InChI is InChI=1S/C22H26ClN3O4S2/c1-30-18-4-2-17(3-5-18)24-8-10-25(11-9-24)22(27)20-16-19(6-7-21(20)23)32(28,29)26-12-14-31-15-13-26/h2-7,16H,8-15H2,1H3. The van der Waals surface area contributed by atoms with E-state index in [9.17, 15) is 13.2 Å². The zero-order valence-corrected chi connectivity index (χ0v) is 20.3. The molecule has 32 heavy (non-hydrogen) atoms. The lowest BCUT2D eigenvalue weighted by Gasteiger charge is -2.36. The van der Waals surface area contributed by atoms with Crippen LogP contribution in [0.5, 0.6) is 5.75 Å². The second-order valence-electron chi connectivity index (χ2n) is 7.64. The van der Waals surface area contributed by atoms with Crippen molar-refractivity contribution in [3.05, 3.63) is 53.1 Å². The van der Waals surface area contributed by atoms with Gasteiger partial charge in [-0.2, -0.15) is 16.1 Å². The van der Waals surface area contributed by atoms with Gasteiger partial charge in [0.15, 0.2) is 0 Å². The van der Waals surface area contributed by atoms with Crippen LogP contribution in [0.15, 0.2) is 47.4 Å². The lowest BCUT2D eigenvalue weighted by Crippen LogP contribution is -2.48. The van der Waals surface area contributed by atoms with Crippen molar-refractivity contribution in [2.45, 2.75) is 4.90 Å². The highest BCUT2D eigenvalue weighted by Gasteiger charge is 2.29. The molecule has 2 aromatic rings. The van der Waals surface area contributed by atoms with E-state index in [1.165, 1.54) is 22.5 Å².